The van der Waals surface area contributed by atoms with E-state index >= 15 is 0 Å². The van der Waals surface area contributed by atoms with Crippen molar-refractivity contribution in [3.05, 3.63) is 47.3 Å². The molecule has 25 heavy (non-hydrogen) atoms. The topological polar surface area (TPSA) is 67.6 Å². The molecule has 0 aliphatic heterocycles. The number of nitrogens with zero attached hydrogens (tertiary/aromatic N) is 1. The maximum atomic E-state index is 13.8. The molecular weight excluding hydrogens is 321 g/mol. The fourth-order valence-corrected chi connectivity index (χ4v) is 2.63. The first-order valence-electron chi connectivity index (χ1n) is 8.03. The molecule has 0 saturated carbocycles. The molecular formula is C19H24FN3O2. The normalized spacial score (nSPS) is 10.5. The van der Waals surface area contributed by atoms with Crippen molar-refractivity contribution < 1.29 is 13.9 Å². The smallest absolute Gasteiger partial charge is 0.255 e. The van der Waals surface area contributed by atoms with E-state index in [1.165, 1.54) is 24.1 Å². The third kappa shape index (κ3) is 4.09. The second-order valence-corrected chi connectivity index (χ2v) is 5.97. The van der Waals surface area contributed by atoms with Crippen LogP contribution in [0.4, 0.5) is 10.1 Å². The third-order valence-electron chi connectivity index (χ3n) is 3.92. The van der Waals surface area contributed by atoms with Crippen LogP contribution in [0.5, 0.6) is 5.75 Å². The van der Waals surface area contributed by atoms with Crippen LogP contribution in [0.25, 0.3) is 11.1 Å². The van der Waals surface area contributed by atoms with Gasteiger partial charge in [0.15, 0.2) is 0 Å². The van der Waals surface area contributed by atoms with Crippen molar-refractivity contribution in [1.29, 1.82) is 0 Å². The van der Waals surface area contributed by atoms with Crippen molar-refractivity contribution in [2.24, 2.45) is 5.73 Å². The molecule has 0 aliphatic rings. The van der Waals surface area contributed by atoms with Crippen LogP contribution < -0.4 is 15.8 Å². The largest absolute Gasteiger partial charge is 0.497 e. The molecule has 0 radical (unpaired) electrons. The van der Waals surface area contributed by atoms with E-state index in [-0.39, 0.29) is 11.7 Å². The number of nitrogens with two attached hydrogens (primary N) is 1. The van der Waals surface area contributed by atoms with Crippen molar-refractivity contribution in [3.63, 3.8) is 0 Å². The standard InChI is InChI=1S/C19H24FN3O2/c1-12-5-6-13(20)9-15(12)16-10-14(25-4)11-17(19(24)23(2)3)18(16)22-8-7-21/h5-6,9-11,22H,7-8,21H2,1-4H3. The number of aryl methyl sites for hydroxylation is 1. The van der Waals surface area contributed by atoms with Crippen LogP contribution >= 0.6 is 0 Å². The number of anilines is 1. The summed E-state index contributed by atoms with van der Waals surface area (Å²) in [5, 5.41) is 3.21. The Morgan fingerprint density at radius 1 is 1.24 bits per heavy atom. The Bertz CT molecular complexity index is 776. The van der Waals surface area contributed by atoms with Gasteiger partial charge in [0, 0.05) is 32.7 Å². The molecule has 2 rings (SSSR count). The summed E-state index contributed by atoms with van der Waals surface area (Å²) in [4.78, 5) is 14.1. The Kier molecular flexibility index (Phi) is 5.98. The van der Waals surface area contributed by atoms with Gasteiger partial charge < -0.3 is 20.7 Å². The second kappa shape index (κ2) is 7.98. The summed E-state index contributed by atoms with van der Waals surface area (Å²) < 4.78 is 19.2. The summed E-state index contributed by atoms with van der Waals surface area (Å²) in [6, 6.07) is 8.07. The number of nitrogens with one attached hydrogen (secondary N) is 1. The average molecular weight is 345 g/mol. The lowest BCUT2D eigenvalue weighted by atomic mass is 9.95. The third-order valence-corrected chi connectivity index (χ3v) is 3.92. The zero-order chi connectivity index (χ0) is 18.6. The average Bonchev–Trinajstić information content (AvgIpc) is 2.60. The number of ether oxygens (including phenoxy) is 1. The molecule has 0 aliphatic carbocycles. The highest BCUT2D eigenvalue weighted by Gasteiger charge is 2.20. The minimum atomic E-state index is -0.339. The molecule has 0 unspecified atom stereocenters. The van der Waals surface area contributed by atoms with Crippen molar-refractivity contribution in [1.82, 2.24) is 4.90 Å². The van der Waals surface area contributed by atoms with Crippen LogP contribution in [0.15, 0.2) is 30.3 Å². The van der Waals surface area contributed by atoms with Gasteiger partial charge in [-0.25, -0.2) is 4.39 Å². The number of rotatable bonds is 6. The molecule has 0 bridgehead atoms. The van der Waals surface area contributed by atoms with Crippen molar-refractivity contribution in [3.8, 4) is 16.9 Å². The van der Waals surface area contributed by atoms with Gasteiger partial charge in [-0.05, 0) is 42.3 Å². The van der Waals surface area contributed by atoms with Crippen LogP contribution in [0.2, 0.25) is 0 Å². The highest BCUT2D eigenvalue weighted by atomic mass is 19.1. The minimum Gasteiger partial charge on any atom is -0.497 e. The number of methoxy groups -OCH3 is 1. The van der Waals surface area contributed by atoms with E-state index in [4.69, 9.17) is 10.5 Å². The number of halogens is 1. The summed E-state index contributed by atoms with van der Waals surface area (Å²) in [6.45, 7) is 2.79. The summed E-state index contributed by atoms with van der Waals surface area (Å²) in [5.74, 6) is 0.0181. The van der Waals surface area contributed by atoms with E-state index in [1.54, 1.807) is 32.3 Å². The van der Waals surface area contributed by atoms with Crippen LogP contribution in [0.3, 0.4) is 0 Å². The lowest BCUT2D eigenvalue weighted by molar-refractivity contribution is 0.0828. The lowest BCUT2D eigenvalue weighted by Crippen LogP contribution is -2.24. The maximum Gasteiger partial charge on any atom is 0.255 e. The minimum absolute atomic E-state index is 0.172. The van der Waals surface area contributed by atoms with Gasteiger partial charge in [-0.2, -0.15) is 0 Å². The zero-order valence-electron chi connectivity index (χ0n) is 15.0. The van der Waals surface area contributed by atoms with Crippen LogP contribution in [0, 0.1) is 12.7 Å². The molecule has 0 fully saturated rings. The van der Waals surface area contributed by atoms with E-state index in [9.17, 15) is 9.18 Å². The number of hydrogen-bond donors (Lipinski definition) is 2. The number of benzene rings is 2. The Morgan fingerprint density at radius 3 is 2.56 bits per heavy atom. The fourth-order valence-electron chi connectivity index (χ4n) is 2.63. The highest BCUT2D eigenvalue weighted by Crippen LogP contribution is 2.37. The maximum absolute atomic E-state index is 13.8. The molecule has 3 N–H and O–H groups in total. The van der Waals surface area contributed by atoms with Gasteiger partial charge in [0.25, 0.3) is 5.91 Å². The quantitative estimate of drug-likeness (QED) is 0.845. The molecule has 2 aromatic carbocycles. The van der Waals surface area contributed by atoms with Crippen molar-refractivity contribution in [2.75, 3.05) is 39.6 Å². The molecule has 0 atom stereocenters. The SMILES string of the molecule is COc1cc(C(=O)N(C)C)c(NCCN)c(-c2cc(F)ccc2C)c1. The first kappa shape index (κ1) is 18.7. The number of amides is 1. The van der Waals surface area contributed by atoms with E-state index in [0.717, 1.165) is 5.56 Å². The Balaban J connectivity index is 2.77. The molecule has 1 amide bonds. The monoisotopic (exact) mass is 345 g/mol. The van der Waals surface area contributed by atoms with Crippen LogP contribution in [0.1, 0.15) is 15.9 Å². The van der Waals surface area contributed by atoms with Gasteiger partial charge in [-0.1, -0.05) is 6.07 Å². The van der Waals surface area contributed by atoms with Crippen LogP contribution in [-0.4, -0.2) is 45.1 Å². The van der Waals surface area contributed by atoms with E-state index < -0.39 is 0 Å². The van der Waals surface area contributed by atoms with Gasteiger partial charge in [0.2, 0.25) is 0 Å². The predicted octanol–water partition coefficient (Wildman–Crippen LogP) is 2.88. The first-order valence-corrected chi connectivity index (χ1v) is 8.03. The van der Waals surface area contributed by atoms with Gasteiger partial charge in [-0.15, -0.1) is 0 Å². The van der Waals surface area contributed by atoms with Gasteiger partial charge >= 0.3 is 0 Å². The Hall–Kier alpha value is -2.60. The van der Waals surface area contributed by atoms with Crippen molar-refractivity contribution >= 4 is 11.6 Å². The first-order chi connectivity index (χ1) is 11.9. The Morgan fingerprint density at radius 2 is 1.96 bits per heavy atom. The summed E-state index contributed by atoms with van der Waals surface area (Å²) in [6.07, 6.45) is 0. The molecule has 5 nitrogen and oxygen atoms in total. The fraction of sp³-hybridized carbons (Fsp3) is 0.316. The molecule has 6 heteroatoms. The molecule has 2 aromatic rings. The summed E-state index contributed by atoms with van der Waals surface area (Å²) in [7, 11) is 4.90. The number of carbonyl (C=O) groups excluding carboxylic acids is 1. The van der Waals surface area contributed by atoms with Crippen molar-refractivity contribution in [2.45, 2.75) is 6.92 Å². The van der Waals surface area contributed by atoms with Gasteiger partial charge in [0.05, 0.1) is 18.4 Å². The highest BCUT2D eigenvalue weighted by molar-refractivity contribution is 6.04. The number of hydrogen-bond acceptors (Lipinski definition) is 4. The summed E-state index contributed by atoms with van der Waals surface area (Å²) in [5.41, 5.74) is 9.00. The van der Waals surface area contributed by atoms with Gasteiger partial charge in [0.1, 0.15) is 11.6 Å². The predicted molar refractivity (Wildman–Crippen MR) is 98.7 cm³/mol. The molecule has 0 aromatic heterocycles. The zero-order valence-corrected chi connectivity index (χ0v) is 15.0. The molecule has 134 valence electrons. The van der Waals surface area contributed by atoms with E-state index in [0.29, 0.717) is 41.2 Å². The molecule has 0 heterocycles. The number of carbonyl (C=O) groups is 1. The molecule has 0 spiro atoms. The van der Waals surface area contributed by atoms with Gasteiger partial charge in [-0.3, -0.25) is 4.79 Å². The van der Waals surface area contributed by atoms with E-state index in [2.05, 4.69) is 5.32 Å². The van der Waals surface area contributed by atoms with E-state index in [1.807, 2.05) is 6.92 Å². The van der Waals surface area contributed by atoms with Crippen LogP contribution in [-0.2, 0) is 0 Å². The lowest BCUT2D eigenvalue weighted by Gasteiger charge is -2.21. The second-order valence-electron chi connectivity index (χ2n) is 5.97. The molecule has 0 saturated heterocycles. The summed E-state index contributed by atoms with van der Waals surface area (Å²) >= 11 is 0. The Labute approximate surface area is 147 Å².